The smallest absolute Gasteiger partial charge is 0.309 e. The number of para-hydroxylation sites is 2. The van der Waals surface area contributed by atoms with Crippen LogP contribution in [0.1, 0.15) is 32.1 Å². The molecule has 2 saturated carbocycles. The summed E-state index contributed by atoms with van der Waals surface area (Å²) in [7, 11) is 1.55. The van der Waals surface area contributed by atoms with Crippen LogP contribution in [0.4, 0.5) is 0 Å². The Morgan fingerprint density at radius 3 is 2.62 bits per heavy atom. The predicted molar refractivity (Wildman–Crippen MR) is 91.5 cm³/mol. The van der Waals surface area contributed by atoms with Crippen molar-refractivity contribution in [1.29, 1.82) is 0 Å². The molecule has 26 heavy (non-hydrogen) atoms. The fraction of sp³-hybridized carbons (Fsp3) is 0.500. The van der Waals surface area contributed by atoms with Crippen molar-refractivity contribution in [3.63, 3.8) is 0 Å². The number of ketones is 1. The van der Waals surface area contributed by atoms with Gasteiger partial charge in [-0.2, -0.15) is 0 Å². The fourth-order valence-corrected chi connectivity index (χ4v) is 3.52. The first-order valence-corrected chi connectivity index (χ1v) is 9.07. The molecule has 1 aliphatic heterocycles. The number of allylic oxidation sites excluding steroid dienone is 1. The Balaban J connectivity index is 1.41. The van der Waals surface area contributed by atoms with Crippen molar-refractivity contribution in [2.75, 3.05) is 7.11 Å². The summed E-state index contributed by atoms with van der Waals surface area (Å²) >= 11 is 0. The van der Waals surface area contributed by atoms with Crippen LogP contribution in [0.2, 0.25) is 0 Å². The summed E-state index contributed by atoms with van der Waals surface area (Å²) in [6, 6.07) is 7.16. The molecule has 0 radical (unpaired) electrons. The summed E-state index contributed by atoms with van der Waals surface area (Å²) in [6.45, 7) is 0. The molecule has 0 N–H and O–H groups in total. The zero-order chi connectivity index (χ0) is 18.1. The second-order valence-corrected chi connectivity index (χ2v) is 7.03. The number of esters is 1. The van der Waals surface area contributed by atoms with Gasteiger partial charge in [0.25, 0.3) is 0 Å². The van der Waals surface area contributed by atoms with Crippen molar-refractivity contribution in [1.82, 2.24) is 0 Å². The van der Waals surface area contributed by atoms with E-state index in [1.54, 1.807) is 19.2 Å². The monoisotopic (exact) mass is 358 g/mol. The second-order valence-electron chi connectivity index (χ2n) is 7.03. The number of rotatable bonds is 5. The lowest BCUT2D eigenvalue weighted by atomic mass is 9.80. The summed E-state index contributed by atoms with van der Waals surface area (Å²) in [5.74, 6) is 0.861. The lowest BCUT2D eigenvalue weighted by Crippen LogP contribution is -2.43. The van der Waals surface area contributed by atoms with Gasteiger partial charge in [-0.05, 0) is 37.8 Å². The van der Waals surface area contributed by atoms with Gasteiger partial charge >= 0.3 is 5.97 Å². The number of methoxy groups -OCH3 is 1. The maximum Gasteiger partial charge on any atom is 0.309 e. The highest BCUT2D eigenvalue weighted by Crippen LogP contribution is 2.38. The SMILES string of the molecule is COc1ccccc1OC1=COC2CC(OC(=O)C3CC3)CCC2C1=O. The third-order valence-electron chi connectivity index (χ3n) is 5.16. The number of hydrogen-bond donors (Lipinski definition) is 0. The molecule has 3 aliphatic rings. The van der Waals surface area contributed by atoms with Crippen LogP contribution in [0.5, 0.6) is 11.5 Å². The van der Waals surface area contributed by atoms with Crippen LogP contribution in [-0.4, -0.2) is 31.1 Å². The molecule has 0 amide bonds. The number of carbonyl (C=O) groups excluding carboxylic acids is 2. The Bertz CT molecular complexity index is 736. The topological polar surface area (TPSA) is 71.1 Å². The van der Waals surface area contributed by atoms with E-state index in [-0.39, 0.29) is 41.6 Å². The highest BCUT2D eigenvalue weighted by atomic mass is 16.6. The minimum absolute atomic E-state index is 0.0703. The molecule has 3 unspecified atom stereocenters. The number of hydrogen-bond acceptors (Lipinski definition) is 6. The van der Waals surface area contributed by atoms with Gasteiger partial charge in [0.15, 0.2) is 11.5 Å². The van der Waals surface area contributed by atoms with Gasteiger partial charge in [-0.15, -0.1) is 0 Å². The average Bonchev–Trinajstić information content (AvgIpc) is 3.50. The number of carbonyl (C=O) groups is 2. The quantitative estimate of drug-likeness (QED) is 0.754. The predicted octanol–water partition coefficient (Wildman–Crippen LogP) is 3.01. The zero-order valence-electron chi connectivity index (χ0n) is 14.7. The number of benzene rings is 1. The molecule has 1 heterocycles. The van der Waals surface area contributed by atoms with E-state index < -0.39 is 0 Å². The van der Waals surface area contributed by atoms with Crippen LogP contribution in [-0.2, 0) is 19.1 Å². The lowest BCUT2D eigenvalue weighted by molar-refractivity contribution is -0.156. The third kappa shape index (κ3) is 3.41. The maximum absolute atomic E-state index is 12.8. The maximum atomic E-state index is 12.8. The van der Waals surface area contributed by atoms with Gasteiger partial charge in [0, 0.05) is 6.42 Å². The van der Waals surface area contributed by atoms with Gasteiger partial charge in [0.2, 0.25) is 11.5 Å². The molecule has 0 aromatic heterocycles. The Kier molecular flexibility index (Phi) is 4.57. The van der Waals surface area contributed by atoms with Crippen molar-refractivity contribution in [2.45, 2.75) is 44.3 Å². The van der Waals surface area contributed by atoms with Gasteiger partial charge in [0.1, 0.15) is 18.5 Å². The molecule has 1 aromatic rings. The Morgan fingerprint density at radius 2 is 1.88 bits per heavy atom. The van der Waals surface area contributed by atoms with E-state index in [4.69, 9.17) is 18.9 Å². The standard InChI is InChI=1S/C20H22O6/c1-23-15-4-2-3-5-16(15)26-18-11-24-17-10-13(8-9-14(17)19(18)21)25-20(22)12-6-7-12/h2-5,11-14,17H,6-10H2,1H3. The van der Waals surface area contributed by atoms with E-state index in [1.165, 1.54) is 6.26 Å². The van der Waals surface area contributed by atoms with Crippen LogP contribution in [0.25, 0.3) is 0 Å². The fourth-order valence-electron chi connectivity index (χ4n) is 3.52. The molecular weight excluding hydrogens is 336 g/mol. The van der Waals surface area contributed by atoms with E-state index >= 15 is 0 Å². The number of ether oxygens (including phenoxy) is 4. The highest BCUT2D eigenvalue weighted by Gasteiger charge is 2.43. The molecule has 6 heteroatoms. The first-order chi connectivity index (χ1) is 12.7. The van der Waals surface area contributed by atoms with Gasteiger partial charge in [-0.1, -0.05) is 12.1 Å². The van der Waals surface area contributed by atoms with Gasteiger partial charge in [0.05, 0.1) is 18.9 Å². The highest BCUT2D eigenvalue weighted by molar-refractivity contribution is 5.96. The Morgan fingerprint density at radius 1 is 1.12 bits per heavy atom. The largest absolute Gasteiger partial charge is 0.493 e. The molecule has 3 atom stereocenters. The molecular formula is C20H22O6. The van der Waals surface area contributed by atoms with E-state index in [0.717, 1.165) is 12.8 Å². The number of Topliss-reactive ketones (excluding diaryl/α,β-unsaturated/α-hetero) is 1. The second kappa shape index (κ2) is 7.02. The van der Waals surface area contributed by atoms with E-state index in [2.05, 4.69) is 0 Å². The van der Waals surface area contributed by atoms with Crippen molar-refractivity contribution in [3.8, 4) is 11.5 Å². The Hall–Kier alpha value is -2.50. The normalized spacial score (nSPS) is 27.7. The molecule has 138 valence electrons. The lowest BCUT2D eigenvalue weighted by Gasteiger charge is -2.36. The van der Waals surface area contributed by atoms with Crippen molar-refractivity contribution in [3.05, 3.63) is 36.3 Å². The summed E-state index contributed by atoms with van der Waals surface area (Å²) in [5, 5.41) is 0. The Labute approximate surface area is 152 Å². The van der Waals surface area contributed by atoms with Crippen LogP contribution < -0.4 is 9.47 Å². The van der Waals surface area contributed by atoms with Gasteiger partial charge in [-0.3, -0.25) is 9.59 Å². The molecule has 2 fully saturated rings. The first kappa shape index (κ1) is 16.9. The van der Waals surface area contributed by atoms with Crippen LogP contribution in [0.15, 0.2) is 36.3 Å². The van der Waals surface area contributed by atoms with Crippen LogP contribution in [0, 0.1) is 11.8 Å². The van der Waals surface area contributed by atoms with Crippen molar-refractivity contribution in [2.24, 2.45) is 11.8 Å². The minimum Gasteiger partial charge on any atom is -0.493 e. The molecule has 0 bridgehead atoms. The third-order valence-corrected chi connectivity index (χ3v) is 5.16. The van der Waals surface area contributed by atoms with E-state index in [9.17, 15) is 9.59 Å². The summed E-state index contributed by atoms with van der Waals surface area (Å²) in [5.41, 5.74) is 0. The van der Waals surface area contributed by atoms with Crippen LogP contribution in [0.3, 0.4) is 0 Å². The molecule has 2 aliphatic carbocycles. The number of fused-ring (bicyclic) bond motifs is 1. The molecule has 0 spiro atoms. The molecule has 6 nitrogen and oxygen atoms in total. The summed E-state index contributed by atoms with van der Waals surface area (Å²) < 4.78 is 22.3. The summed E-state index contributed by atoms with van der Waals surface area (Å²) in [6.07, 6.45) is 4.65. The van der Waals surface area contributed by atoms with Crippen molar-refractivity contribution >= 4 is 11.8 Å². The van der Waals surface area contributed by atoms with Crippen molar-refractivity contribution < 1.29 is 28.5 Å². The van der Waals surface area contributed by atoms with Gasteiger partial charge in [-0.25, -0.2) is 0 Å². The van der Waals surface area contributed by atoms with E-state index in [0.29, 0.717) is 30.8 Å². The average molecular weight is 358 g/mol. The molecule has 4 rings (SSSR count). The zero-order valence-corrected chi connectivity index (χ0v) is 14.7. The summed E-state index contributed by atoms with van der Waals surface area (Å²) in [4.78, 5) is 24.6. The van der Waals surface area contributed by atoms with Gasteiger partial charge < -0.3 is 18.9 Å². The van der Waals surface area contributed by atoms with Crippen LogP contribution >= 0.6 is 0 Å². The molecule has 0 saturated heterocycles. The first-order valence-electron chi connectivity index (χ1n) is 9.07. The van der Waals surface area contributed by atoms with E-state index in [1.807, 2.05) is 12.1 Å². The minimum atomic E-state index is -0.265. The molecule has 1 aromatic carbocycles.